The van der Waals surface area contributed by atoms with Crippen LogP contribution in [-0.2, 0) is 11.3 Å². The second kappa shape index (κ2) is 8.32. The first-order valence-corrected chi connectivity index (χ1v) is 8.92. The minimum atomic E-state index is -0.136. The highest BCUT2D eigenvalue weighted by Crippen LogP contribution is 2.21. The molecule has 1 aliphatic heterocycles. The van der Waals surface area contributed by atoms with E-state index in [1.165, 1.54) is 0 Å². The molecule has 0 saturated carbocycles. The average Bonchev–Trinajstić information content (AvgIpc) is 2.66. The lowest BCUT2D eigenvalue weighted by atomic mass is 10.2. The summed E-state index contributed by atoms with van der Waals surface area (Å²) in [4.78, 5) is 20.9. The molecule has 1 fully saturated rings. The number of benzene rings is 1. The molecule has 2 heterocycles. The summed E-state index contributed by atoms with van der Waals surface area (Å²) in [5.74, 6) is 0.0630. The van der Waals surface area contributed by atoms with Crippen LogP contribution < -0.4 is 10.2 Å². The lowest BCUT2D eigenvalue weighted by molar-refractivity contribution is -0.126. The third kappa shape index (κ3) is 4.71. The first-order valence-electron chi connectivity index (χ1n) is 8.54. The van der Waals surface area contributed by atoms with Crippen LogP contribution in [-0.4, -0.2) is 48.0 Å². The molecule has 1 aromatic carbocycles. The molecule has 6 heteroatoms. The van der Waals surface area contributed by atoms with Crippen LogP contribution in [0.4, 0.5) is 5.69 Å². The molecule has 1 N–H and O–H groups in total. The maximum absolute atomic E-state index is 12.4. The topological polar surface area (TPSA) is 48.5 Å². The van der Waals surface area contributed by atoms with Gasteiger partial charge in [0.15, 0.2) is 0 Å². The van der Waals surface area contributed by atoms with E-state index in [1.807, 2.05) is 37.3 Å². The van der Waals surface area contributed by atoms with E-state index in [0.717, 1.165) is 42.5 Å². The van der Waals surface area contributed by atoms with Crippen molar-refractivity contribution in [2.75, 3.05) is 31.1 Å². The van der Waals surface area contributed by atoms with Crippen LogP contribution in [0.15, 0.2) is 48.8 Å². The highest BCUT2D eigenvalue weighted by molar-refractivity contribution is 6.30. The summed E-state index contributed by atoms with van der Waals surface area (Å²) >= 11 is 6.08. The quantitative estimate of drug-likeness (QED) is 0.892. The number of piperazine rings is 1. The molecule has 1 atom stereocenters. The number of nitrogens with zero attached hydrogens (tertiary/aromatic N) is 3. The van der Waals surface area contributed by atoms with E-state index in [4.69, 9.17) is 11.6 Å². The zero-order valence-corrected chi connectivity index (χ0v) is 15.1. The number of nitrogens with one attached hydrogen (secondary N) is 1. The van der Waals surface area contributed by atoms with Crippen molar-refractivity contribution in [2.45, 2.75) is 19.5 Å². The van der Waals surface area contributed by atoms with Crippen molar-refractivity contribution in [3.8, 4) is 0 Å². The zero-order chi connectivity index (χ0) is 17.6. The number of anilines is 1. The summed E-state index contributed by atoms with van der Waals surface area (Å²) in [5, 5.41) is 3.76. The van der Waals surface area contributed by atoms with Gasteiger partial charge in [-0.3, -0.25) is 14.7 Å². The van der Waals surface area contributed by atoms with Gasteiger partial charge in [0.2, 0.25) is 5.91 Å². The molecule has 25 heavy (non-hydrogen) atoms. The summed E-state index contributed by atoms with van der Waals surface area (Å²) in [7, 11) is 0. The summed E-state index contributed by atoms with van der Waals surface area (Å²) in [6.07, 6.45) is 3.47. The van der Waals surface area contributed by atoms with E-state index in [2.05, 4.69) is 26.2 Å². The van der Waals surface area contributed by atoms with Crippen molar-refractivity contribution >= 4 is 23.2 Å². The fourth-order valence-electron chi connectivity index (χ4n) is 3.04. The van der Waals surface area contributed by atoms with Gasteiger partial charge in [0.05, 0.1) is 6.04 Å². The number of pyridine rings is 1. The molecule has 3 rings (SSSR count). The molecular weight excluding hydrogens is 336 g/mol. The number of amides is 1. The number of halogens is 1. The Balaban J connectivity index is 1.49. The van der Waals surface area contributed by atoms with Gasteiger partial charge in [-0.05, 0) is 42.8 Å². The summed E-state index contributed by atoms with van der Waals surface area (Å²) < 4.78 is 0. The Kier molecular flexibility index (Phi) is 5.89. The van der Waals surface area contributed by atoms with E-state index in [-0.39, 0.29) is 11.9 Å². The van der Waals surface area contributed by atoms with Gasteiger partial charge < -0.3 is 10.2 Å². The maximum atomic E-state index is 12.4. The molecule has 0 radical (unpaired) electrons. The Bertz CT molecular complexity index is 702. The summed E-state index contributed by atoms with van der Waals surface area (Å²) in [6.45, 7) is 6.00. The highest BCUT2D eigenvalue weighted by Gasteiger charge is 2.25. The molecule has 1 aromatic heterocycles. The Labute approximate surface area is 153 Å². The van der Waals surface area contributed by atoms with Gasteiger partial charge in [-0.1, -0.05) is 17.7 Å². The largest absolute Gasteiger partial charge is 0.369 e. The average molecular weight is 359 g/mol. The predicted molar refractivity (Wildman–Crippen MR) is 101 cm³/mol. The monoisotopic (exact) mass is 358 g/mol. The van der Waals surface area contributed by atoms with Gasteiger partial charge in [0, 0.05) is 55.8 Å². The zero-order valence-electron chi connectivity index (χ0n) is 14.4. The number of hydrogen-bond donors (Lipinski definition) is 1. The van der Waals surface area contributed by atoms with Crippen LogP contribution in [0, 0.1) is 0 Å². The second-order valence-corrected chi connectivity index (χ2v) is 6.69. The first kappa shape index (κ1) is 17.7. The molecular formula is C19H23ClN4O. The van der Waals surface area contributed by atoms with Crippen LogP contribution in [0.25, 0.3) is 0 Å². The molecule has 5 nitrogen and oxygen atoms in total. The lowest BCUT2D eigenvalue weighted by Gasteiger charge is -2.38. The molecule has 1 unspecified atom stereocenters. The van der Waals surface area contributed by atoms with E-state index in [9.17, 15) is 4.79 Å². The molecule has 132 valence electrons. The van der Waals surface area contributed by atoms with Crippen LogP contribution in [0.2, 0.25) is 5.02 Å². The van der Waals surface area contributed by atoms with Gasteiger partial charge in [-0.15, -0.1) is 0 Å². The van der Waals surface area contributed by atoms with E-state index in [0.29, 0.717) is 6.54 Å². The van der Waals surface area contributed by atoms with Crippen LogP contribution in [0.1, 0.15) is 12.5 Å². The smallest absolute Gasteiger partial charge is 0.237 e. The highest BCUT2D eigenvalue weighted by atomic mass is 35.5. The Morgan fingerprint density at radius 1 is 1.20 bits per heavy atom. The second-order valence-electron chi connectivity index (χ2n) is 6.25. The minimum absolute atomic E-state index is 0.0630. The van der Waals surface area contributed by atoms with Crippen molar-refractivity contribution in [2.24, 2.45) is 0 Å². The van der Waals surface area contributed by atoms with Gasteiger partial charge >= 0.3 is 0 Å². The number of rotatable bonds is 5. The minimum Gasteiger partial charge on any atom is -0.369 e. The van der Waals surface area contributed by atoms with Crippen molar-refractivity contribution in [1.29, 1.82) is 0 Å². The van der Waals surface area contributed by atoms with Crippen molar-refractivity contribution in [1.82, 2.24) is 15.2 Å². The standard InChI is InChI=1S/C19H23ClN4O/c1-15(19(25)22-14-16-5-7-21-8-6-16)23-9-11-24(12-10-23)18-4-2-3-17(20)13-18/h2-8,13,15H,9-12,14H2,1H3,(H,22,25). The predicted octanol–water partition coefficient (Wildman–Crippen LogP) is 2.56. The fraction of sp³-hybridized carbons (Fsp3) is 0.368. The normalized spacial score (nSPS) is 16.5. The van der Waals surface area contributed by atoms with Gasteiger partial charge in [-0.2, -0.15) is 0 Å². The molecule has 1 saturated heterocycles. The Hall–Kier alpha value is -2.11. The molecule has 0 bridgehead atoms. The van der Waals surface area contributed by atoms with Gasteiger partial charge in [0.1, 0.15) is 0 Å². The van der Waals surface area contributed by atoms with E-state index >= 15 is 0 Å². The molecule has 2 aromatic rings. The number of hydrogen-bond acceptors (Lipinski definition) is 4. The number of carbonyl (C=O) groups is 1. The molecule has 0 aliphatic carbocycles. The summed E-state index contributed by atoms with van der Waals surface area (Å²) in [6, 6.07) is 11.6. The van der Waals surface area contributed by atoms with Crippen LogP contribution in [0.5, 0.6) is 0 Å². The summed E-state index contributed by atoms with van der Waals surface area (Å²) in [5.41, 5.74) is 2.20. The van der Waals surface area contributed by atoms with Crippen molar-refractivity contribution < 1.29 is 4.79 Å². The Morgan fingerprint density at radius 2 is 1.92 bits per heavy atom. The van der Waals surface area contributed by atoms with Crippen LogP contribution in [0.3, 0.4) is 0 Å². The maximum Gasteiger partial charge on any atom is 0.237 e. The molecule has 0 spiro atoms. The van der Waals surface area contributed by atoms with E-state index in [1.54, 1.807) is 12.4 Å². The number of aromatic nitrogens is 1. The molecule has 1 amide bonds. The Morgan fingerprint density at radius 3 is 2.60 bits per heavy atom. The lowest BCUT2D eigenvalue weighted by Crippen LogP contribution is -2.53. The van der Waals surface area contributed by atoms with Gasteiger partial charge in [0.25, 0.3) is 0 Å². The fourth-order valence-corrected chi connectivity index (χ4v) is 3.23. The number of carbonyl (C=O) groups excluding carboxylic acids is 1. The third-order valence-corrected chi connectivity index (χ3v) is 4.87. The van der Waals surface area contributed by atoms with Crippen LogP contribution >= 0.6 is 11.6 Å². The van der Waals surface area contributed by atoms with Crippen molar-refractivity contribution in [3.05, 3.63) is 59.4 Å². The third-order valence-electron chi connectivity index (χ3n) is 4.63. The molecule has 1 aliphatic rings. The first-order chi connectivity index (χ1) is 12.1. The van der Waals surface area contributed by atoms with Gasteiger partial charge in [-0.25, -0.2) is 0 Å². The van der Waals surface area contributed by atoms with Crippen molar-refractivity contribution in [3.63, 3.8) is 0 Å². The SMILES string of the molecule is CC(C(=O)NCc1ccncc1)N1CCN(c2cccc(Cl)c2)CC1. The van der Waals surface area contributed by atoms with E-state index < -0.39 is 0 Å².